The zero-order valence-electron chi connectivity index (χ0n) is 10.1. The minimum absolute atomic E-state index is 0.222. The minimum atomic E-state index is -0.624. The predicted molar refractivity (Wildman–Crippen MR) is 68.9 cm³/mol. The van der Waals surface area contributed by atoms with Crippen LogP contribution in [-0.2, 0) is 0 Å². The van der Waals surface area contributed by atoms with Crippen LogP contribution >= 0.6 is 15.9 Å². The summed E-state index contributed by atoms with van der Waals surface area (Å²) in [5.74, 6) is 0.822. The number of benzene rings is 1. The van der Waals surface area contributed by atoms with E-state index in [9.17, 15) is 5.11 Å². The highest BCUT2D eigenvalue weighted by atomic mass is 79.9. The van der Waals surface area contributed by atoms with E-state index < -0.39 is 6.10 Å². The summed E-state index contributed by atoms with van der Waals surface area (Å²) in [5.41, 5.74) is 9.46. The molecule has 0 amide bonds. The number of ether oxygens (including phenoxy) is 1. The van der Waals surface area contributed by atoms with E-state index in [1.54, 1.807) is 7.11 Å². The van der Waals surface area contributed by atoms with Gasteiger partial charge in [-0.3, -0.25) is 0 Å². The van der Waals surface area contributed by atoms with Gasteiger partial charge in [0, 0.05) is 6.54 Å². The maximum absolute atomic E-state index is 9.92. The molecule has 3 nitrogen and oxygen atoms in total. The minimum Gasteiger partial charge on any atom is -0.495 e. The van der Waals surface area contributed by atoms with E-state index in [1.807, 2.05) is 20.8 Å². The Bertz CT molecular complexity index is 375. The molecule has 0 saturated carbocycles. The van der Waals surface area contributed by atoms with Crippen molar-refractivity contribution < 1.29 is 9.84 Å². The van der Waals surface area contributed by atoms with E-state index in [0.717, 1.165) is 32.5 Å². The standard InChI is InChI=1S/C12H18BrNO2/c1-6-7(2)12(16-4)11(13)8(3)10(6)9(15)5-14/h9,15H,5,14H2,1-4H3. The van der Waals surface area contributed by atoms with Crippen molar-refractivity contribution in [3.63, 3.8) is 0 Å². The van der Waals surface area contributed by atoms with Crippen molar-refractivity contribution in [1.29, 1.82) is 0 Å². The largest absolute Gasteiger partial charge is 0.495 e. The third-order valence-electron chi connectivity index (χ3n) is 3.00. The molecule has 1 unspecified atom stereocenters. The molecule has 3 N–H and O–H groups in total. The Morgan fingerprint density at radius 2 is 1.81 bits per heavy atom. The third-order valence-corrected chi connectivity index (χ3v) is 3.96. The summed E-state index contributed by atoms with van der Waals surface area (Å²) >= 11 is 3.50. The molecule has 0 aliphatic rings. The van der Waals surface area contributed by atoms with E-state index in [-0.39, 0.29) is 6.54 Å². The fourth-order valence-corrected chi connectivity index (χ4v) is 2.64. The molecule has 0 bridgehead atoms. The van der Waals surface area contributed by atoms with Gasteiger partial charge >= 0.3 is 0 Å². The number of aliphatic hydroxyl groups excluding tert-OH is 1. The van der Waals surface area contributed by atoms with Gasteiger partial charge in [-0.1, -0.05) is 0 Å². The van der Waals surface area contributed by atoms with Crippen LogP contribution in [-0.4, -0.2) is 18.8 Å². The van der Waals surface area contributed by atoms with Crippen LogP contribution in [0.5, 0.6) is 5.75 Å². The van der Waals surface area contributed by atoms with Crippen LogP contribution in [0.2, 0.25) is 0 Å². The molecule has 1 atom stereocenters. The van der Waals surface area contributed by atoms with Gasteiger partial charge in [-0.05, 0) is 59.0 Å². The Labute approximate surface area is 105 Å². The second-order valence-electron chi connectivity index (χ2n) is 3.89. The molecule has 0 aliphatic heterocycles. The Morgan fingerprint density at radius 1 is 1.25 bits per heavy atom. The second-order valence-corrected chi connectivity index (χ2v) is 4.68. The average Bonchev–Trinajstić information content (AvgIpc) is 2.27. The summed E-state index contributed by atoms with van der Waals surface area (Å²) in [7, 11) is 1.64. The van der Waals surface area contributed by atoms with Crippen molar-refractivity contribution >= 4 is 15.9 Å². The number of nitrogens with two attached hydrogens (primary N) is 1. The molecule has 0 fully saturated rings. The lowest BCUT2D eigenvalue weighted by Crippen LogP contribution is -2.15. The van der Waals surface area contributed by atoms with E-state index in [1.165, 1.54) is 0 Å². The first-order chi connectivity index (χ1) is 7.45. The van der Waals surface area contributed by atoms with Crippen LogP contribution in [0.15, 0.2) is 4.47 Å². The molecule has 1 aromatic rings. The topological polar surface area (TPSA) is 55.5 Å². The van der Waals surface area contributed by atoms with Gasteiger partial charge < -0.3 is 15.6 Å². The van der Waals surface area contributed by atoms with Crippen LogP contribution in [0.1, 0.15) is 28.4 Å². The van der Waals surface area contributed by atoms with Crippen molar-refractivity contribution in [2.45, 2.75) is 26.9 Å². The van der Waals surface area contributed by atoms with Gasteiger partial charge in [-0.2, -0.15) is 0 Å². The van der Waals surface area contributed by atoms with Gasteiger partial charge in [0.2, 0.25) is 0 Å². The third kappa shape index (κ3) is 2.10. The van der Waals surface area contributed by atoms with Gasteiger partial charge in [0.15, 0.2) is 0 Å². The van der Waals surface area contributed by atoms with Crippen molar-refractivity contribution in [2.75, 3.05) is 13.7 Å². The van der Waals surface area contributed by atoms with E-state index in [4.69, 9.17) is 10.5 Å². The number of rotatable bonds is 3. The molecule has 0 radical (unpaired) electrons. The lowest BCUT2D eigenvalue weighted by Gasteiger charge is -2.21. The molecular weight excluding hydrogens is 270 g/mol. The maximum Gasteiger partial charge on any atom is 0.136 e. The van der Waals surface area contributed by atoms with Gasteiger partial charge in [0.25, 0.3) is 0 Å². The molecule has 0 spiro atoms. The van der Waals surface area contributed by atoms with Gasteiger partial charge in [0.05, 0.1) is 17.7 Å². The molecule has 4 heteroatoms. The summed E-state index contributed by atoms with van der Waals surface area (Å²) in [6, 6.07) is 0. The zero-order chi connectivity index (χ0) is 12.5. The first-order valence-corrected chi connectivity index (χ1v) is 5.96. The van der Waals surface area contributed by atoms with Gasteiger partial charge in [-0.15, -0.1) is 0 Å². The fourth-order valence-electron chi connectivity index (χ4n) is 1.97. The first-order valence-electron chi connectivity index (χ1n) is 5.16. The lowest BCUT2D eigenvalue weighted by atomic mass is 9.93. The highest BCUT2D eigenvalue weighted by molar-refractivity contribution is 9.10. The number of hydrogen-bond acceptors (Lipinski definition) is 3. The molecule has 1 rings (SSSR count). The van der Waals surface area contributed by atoms with Crippen LogP contribution in [0.4, 0.5) is 0 Å². The monoisotopic (exact) mass is 287 g/mol. The first kappa shape index (κ1) is 13.5. The van der Waals surface area contributed by atoms with Crippen LogP contribution < -0.4 is 10.5 Å². The Hall–Kier alpha value is -0.580. The SMILES string of the molecule is COc1c(C)c(C)c(C(O)CN)c(C)c1Br. The quantitative estimate of drug-likeness (QED) is 0.897. The van der Waals surface area contributed by atoms with Crippen molar-refractivity contribution in [3.05, 3.63) is 26.7 Å². The van der Waals surface area contributed by atoms with Crippen molar-refractivity contribution in [3.8, 4) is 5.75 Å². The van der Waals surface area contributed by atoms with Gasteiger partial charge in [-0.25, -0.2) is 0 Å². The highest BCUT2D eigenvalue weighted by Crippen LogP contribution is 2.38. The summed E-state index contributed by atoms with van der Waals surface area (Å²) in [6.45, 7) is 6.13. The van der Waals surface area contributed by atoms with E-state index in [0.29, 0.717) is 0 Å². The summed E-state index contributed by atoms with van der Waals surface area (Å²) in [6.07, 6.45) is -0.624. The van der Waals surface area contributed by atoms with Crippen LogP contribution in [0, 0.1) is 20.8 Å². The highest BCUT2D eigenvalue weighted by Gasteiger charge is 2.20. The van der Waals surface area contributed by atoms with Crippen LogP contribution in [0.3, 0.4) is 0 Å². The molecule has 0 aliphatic carbocycles. The van der Waals surface area contributed by atoms with E-state index in [2.05, 4.69) is 15.9 Å². The molecule has 0 aromatic heterocycles. The Balaban J connectivity index is 3.53. The summed E-state index contributed by atoms with van der Waals surface area (Å²) in [5, 5.41) is 9.92. The summed E-state index contributed by atoms with van der Waals surface area (Å²) in [4.78, 5) is 0. The van der Waals surface area contributed by atoms with Gasteiger partial charge in [0.1, 0.15) is 5.75 Å². The maximum atomic E-state index is 9.92. The van der Waals surface area contributed by atoms with E-state index >= 15 is 0 Å². The average molecular weight is 288 g/mol. The van der Waals surface area contributed by atoms with Crippen molar-refractivity contribution in [1.82, 2.24) is 0 Å². The smallest absolute Gasteiger partial charge is 0.136 e. The number of hydrogen-bond donors (Lipinski definition) is 2. The molecule has 0 saturated heterocycles. The molecule has 0 heterocycles. The number of aliphatic hydroxyl groups is 1. The lowest BCUT2D eigenvalue weighted by molar-refractivity contribution is 0.185. The molecule has 90 valence electrons. The van der Waals surface area contributed by atoms with Crippen LogP contribution in [0.25, 0.3) is 0 Å². The molecule has 16 heavy (non-hydrogen) atoms. The normalized spacial score (nSPS) is 12.7. The molecule has 1 aromatic carbocycles. The second kappa shape index (κ2) is 5.17. The van der Waals surface area contributed by atoms with Crippen molar-refractivity contribution in [2.24, 2.45) is 5.73 Å². The summed E-state index contributed by atoms with van der Waals surface area (Å²) < 4.78 is 6.24. The Morgan fingerprint density at radius 3 is 2.25 bits per heavy atom. The number of methoxy groups -OCH3 is 1. The zero-order valence-corrected chi connectivity index (χ0v) is 11.7. The Kier molecular flexibility index (Phi) is 4.35. The fraction of sp³-hybridized carbons (Fsp3) is 0.500. The molecular formula is C12H18BrNO2. The predicted octanol–water partition coefficient (Wildman–Crippen LogP) is 2.38. The number of halogens is 1.